The normalized spacial score (nSPS) is 11.2. The van der Waals surface area contributed by atoms with E-state index in [9.17, 15) is 0 Å². The van der Waals surface area contributed by atoms with E-state index in [-0.39, 0.29) is 0 Å². The first kappa shape index (κ1) is 13.7. The predicted octanol–water partition coefficient (Wildman–Crippen LogP) is 2.96. The number of rotatable bonds is 9. The molecule has 0 spiro atoms. The molecule has 0 saturated heterocycles. The molecule has 0 aromatic carbocycles. The fourth-order valence-electron chi connectivity index (χ4n) is 1.67. The van der Waals surface area contributed by atoms with Crippen molar-refractivity contribution in [1.82, 2.24) is 10.2 Å². The van der Waals surface area contributed by atoms with Gasteiger partial charge in [0.15, 0.2) is 0 Å². The van der Waals surface area contributed by atoms with Crippen molar-refractivity contribution in [3.05, 3.63) is 22.4 Å². The summed E-state index contributed by atoms with van der Waals surface area (Å²) in [5, 5.41) is 7.86. The summed E-state index contributed by atoms with van der Waals surface area (Å²) in [5.41, 5.74) is 1.43. The zero-order chi connectivity index (χ0) is 11.6. The van der Waals surface area contributed by atoms with Crippen LogP contribution in [0.4, 0.5) is 0 Å². The van der Waals surface area contributed by atoms with Crippen molar-refractivity contribution in [3.63, 3.8) is 0 Å². The van der Waals surface area contributed by atoms with E-state index in [1.165, 1.54) is 31.4 Å². The van der Waals surface area contributed by atoms with Gasteiger partial charge >= 0.3 is 0 Å². The van der Waals surface area contributed by atoms with E-state index < -0.39 is 0 Å². The molecule has 0 atom stereocenters. The molecule has 0 aliphatic rings. The third-order valence-corrected chi connectivity index (χ3v) is 3.39. The van der Waals surface area contributed by atoms with Crippen molar-refractivity contribution in [3.8, 4) is 0 Å². The third kappa shape index (κ3) is 6.26. The molecule has 0 saturated carbocycles. The first-order valence-corrected chi connectivity index (χ1v) is 7.17. The van der Waals surface area contributed by atoms with Gasteiger partial charge in [0.25, 0.3) is 0 Å². The van der Waals surface area contributed by atoms with Crippen LogP contribution >= 0.6 is 11.3 Å². The van der Waals surface area contributed by atoms with Gasteiger partial charge in [0.1, 0.15) is 0 Å². The van der Waals surface area contributed by atoms with Gasteiger partial charge in [0.05, 0.1) is 0 Å². The lowest BCUT2D eigenvalue weighted by atomic mass is 10.2. The van der Waals surface area contributed by atoms with Crippen molar-refractivity contribution >= 4 is 11.3 Å². The van der Waals surface area contributed by atoms with Crippen molar-refractivity contribution in [2.75, 3.05) is 26.7 Å². The van der Waals surface area contributed by atoms with Gasteiger partial charge in [-0.05, 0) is 42.4 Å². The zero-order valence-corrected chi connectivity index (χ0v) is 11.4. The molecule has 16 heavy (non-hydrogen) atoms. The number of nitrogens with one attached hydrogen (secondary N) is 1. The van der Waals surface area contributed by atoms with Crippen LogP contribution in [0.5, 0.6) is 0 Å². The molecule has 0 fully saturated rings. The minimum Gasteiger partial charge on any atom is -0.315 e. The molecule has 1 aromatic rings. The van der Waals surface area contributed by atoms with E-state index in [1.807, 2.05) is 0 Å². The molecule has 0 aliphatic heterocycles. The minimum atomic E-state index is 1.07. The van der Waals surface area contributed by atoms with Crippen molar-refractivity contribution < 1.29 is 0 Å². The van der Waals surface area contributed by atoms with Gasteiger partial charge in [-0.15, -0.1) is 0 Å². The van der Waals surface area contributed by atoms with E-state index in [0.717, 1.165) is 19.6 Å². The Morgan fingerprint density at radius 1 is 1.31 bits per heavy atom. The van der Waals surface area contributed by atoms with Crippen LogP contribution < -0.4 is 5.32 Å². The summed E-state index contributed by atoms with van der Waals surface area (Å²) in [6.07, 6.45) is 3.96. The molecular weight excluding hydrogens is 216 g/mol. The van der Waals surface area contributed by atoms with Gasteiger partial charge in [-0.3, -0.25) is 0 Å². The van der Waals surface area contributed by atoms with Gasteiger partial charge in [0.2, 0.25) is 0 Å². The molecule has 0 radical (unpaired) electrons. The fourth-order valence-corrected chi connectivity index (χ4v) is 2.33. The summed E-state index contributed by atoms with van der Waals surface area (Å²) >= 11 is 1.78. The molecule has 1 rings (SSSR count). The highest BCUT2D eigenvalue weighted by Crippen LogP contribution is 2.07. The molecule has 0 unspecified atom stereocenters. The van der Waals surface area contributed by atoms with Gasteiger partial charge in [-0.25, -0.2) is 0 Å². The SMILES string of the molecule is CCCCCNCCN(C)Cc1ccsc1. The average Bonchev–Trinajstić information content (AvgIpc) is 2.76. The summed E-state index contributed by atoms with van der Waals surface area (Å²) in [4.78, 5) is 2.37. The molecule has 1 heterocycles. The summed E-state index contributed by atoms with van der Waals surface area (Å²) in [7, 11) is 2.19. The summed E-state index contributed by atoms with van der Waals surface area (Å²) < 4.78 is 0. The Morgan fingerprint density at radius 3 is 2.88 bits per heavy atom. The molecule has 92 valence electrons. The maximum absolute atomic E-state index is 3.49. The molecule has 0 bridgehead atoms. The standard InChI is InChI=1S/C13H24N2S/c1-3-4-5-7-14-8-9-15(2)11-13-6-10-16-12-13/h6,10,12,14H,3-5,7-9,11H2,1-2H3. The summed E-state index contributed by atoms with van der Waals surface area (Å²) in [6.45, 7) is 6.71. The van der Waals surface area contributed by atoms with E-state index in [1.54, 1.807) is 11.3 Å². The van der Waals surface area contributed by atoms with Crippen LogP contribution in [0.1, 0.15) is 31.7 Å². The molecule has 2 nitrogen and oxygen atoms in total. The average molecular weight is 240 g/mol. The van der Waals surface area contributed by atoms with Crippen LogP contribution in [-0.4, -0.2) is 31.6 Å². The molecule has 1 aromatic heterocycles. The first-order valence-electron chi connectivity index (χ1n) is 6.23. The molecule has 1 N–H and O–H groups in total. The number of thiophene rings is 1. The lowest BCUT2D eigenvalue weighted by Gasteiger charge is -2.16. The molecule has 0 amide bonds. The number of likely N-dealkylation sites (N-methyl/N-ethyl adjacent to an activating group) is 1. The lowest BCUT2D eigenvalue weighted by Crippen LogP contribution is -2.29. The number of hydrogen-bond acceptors (Lipinski definition) is 3. The summed E-state index contributed by atoms with van der Waals surface area (Å²) in [6, 6.07) is 2.20. The van der Waals surface area contributed by atoms with E-state index in [4.69, 9.17) is 0 Å². The summed E-state index contributed by atoms with van der Waals surface area (Å²) in [5.74, 6) is 0. The van der Waals surface area contributed by atoms with Crippen LogP contribution in [-0.2, 0) is 6.54 Å². The van der Waals surface area contributed by atoms with Crippen LogP contribution in [0.3, 0.4) is 0 Å². The maximum atomic E-state index is 3.49. The number of unbranched alkanes of at least 4 members (excludes halogenated alkanes) is 2. The topological polar surface area (TPSA) is 15.3 Å². The third-order valence-electron chi connectivity index (χ3n) is 2.66. The van der Waals surface area contributed by atoms with Gasteiger partial charge < -0.3 is 10.2 Å². The highest BCUT2D eigenvalue weighted by Gasteiger charge is 1.99. The monoisotopic (exact) mass is 240 g/mol. The van der Waals surface area contributed by atoms with E-state index >= 15 is 0 Å². The Hall–Kier alpha value is -0.380. The first-order chi connectivity index (χ1) is 7.83. The number of hydrogen-bond donors (Lipinski definition) is 1. The Balaban J connectivity index is 1.96. The zero-order valence-electron chi connectivity index (χ0n) is 10.5. The predicted molar refractivity (Wildman–Crippen MR) is 73.0 cm³/mol. The molecular formula is C13H24N2S. The van der Waals surface area contributed by atoms with Crippen LogP contribution in [0, 0.1) is 0 Å². The second-order valence-electron chi connectivity index (χ2n) is 4.33. The minimum absolute atomic E-state index is 1.07. The van der Waals surface area contributed by atoms with Crippen molar-refractivity contribution in [1.29, 1.82) is 0 Å². The van der Waals surface area contributed by atoms with Crippen LogP contribution in [0.2, 0.25) is 0 Å². The Kier molecular flexibility index (Phi) is 7.47. The Bertz CT molecular complexity index is 246. The van der Waals surface area contributed by atoms with E-state index in [2.05, 4.69) is 41.0 Å². The fraction of sp³-hybridized carbons (Fsp3) is 0.692. The van der Waals surface area contributed by atoms with Crippen LogP contribution in [0.15, 0.2) is 16.8 Å². The molecule has 3 heteroatoms. The van der Waals surface area contributed by atoms with Gasteiger partial charge in [-0.2, -0.15) is 11.3 Å². The van der Waals surface area contributed by atoms with E-state index in [0.29, 0.717) is 0 Å². The highest BCUT2D eigenvalue weighted by molar-refractivity contribution is 7.07. The quantitative estimate of drug-likeness (QED) is 0.668. The second kappa shape index (κ2) is 8.74. The Labute approximate surface area is 104 Å². The Morgan fingerprint density at radius 2 is 2.19 bits per heavy atom. The second-order valence-corrected chi connectivity index (χ2v) is 5.11. The van der Waals surface area contributed by atoms with Crippen LogP contribution in [0.25, 0.3) is 0 Å². The number of nitrogens with zero attached hydrogens (tertiary/aromatic N) is 1. The lowest BCUT2D eigenvalue weighted by molar-refractivity contribution is 0.324. The van der Waals surface area contributed by atoms with Gasteiger partial charge in [0, 0.05) is 19.6 Å². The smallest absolute Gasteiger partial charge is 0.0239 e. The highest BCUT2D eigenvalue weighted by atomic mass is 32.1. The largest absolute Gasteiger partial charge is 0.315 e. The maximum Gasteiger partial charge on any atom is 0.0239 e. The molecule has 0 aliphatic carbocycles. The van der Waals surface area contributed by atoms with Crippen molar-refractivity contribution in [2.24, 2.45) is 0 Å². The van der Waals surface area contributed by atoms with Crippen molar-refractivity contribution in [2.45, 2.75) is 32.7 Å². The van der Waals surface area contributed by atoms with Gasteiger partial charge in [-0.1, -0.05) is 19.8 Å².